The van der Waals surface area contributed by atoms with E-state index in [1.807, 2.05) is 6.92 Å². The first-order valence-electron chi connectivity index (χ1n) is 7.05. The molecule has 8 heteroatoms. The van der Waals surface area contributed by atoms with Gasteiger partial charge in [-0.3, -0.25) is 0 Å². The molecular weight excluding hydrogens is 326 g/mol. The van der Waals surface area contributed by atoms with Crippen molar-refractivity contribution in [2.24, 2.45) is 0 Å². The van der Waals surface area contributed by atoms with Gasteiger partial charge in [0.05, 0.1) is 6.26 Å². The molecule has 22 heavy (non-hydrogen) atoms. The van der Waals surface area contributed by atoms with Crippen LogP contribution in [0.15, 0.2) is 18.2 Å². The predicted octanol–water partition coefficient (Wildman–Crippen LogP) is 2.19. The molecule has 0 aliphatic carbocycles. The monoisotopic (exact) mass is 345 g/mol. The molecule has 6 nitrogen and oxygen atoms in total. The van der Waals surface area contributed by atoms with E-state index in [0.29, 0.717) is 23.8 Å². The number of rotatable bonds is 3. The minimum atomic E-state index is -3.22. The molecular formula is C14H20ClN3O3S. The molecule has 0 aromatic heterocycles. The second-order valence-electron chi connectivity index (χ2n) is 5.47. The number of carbonyl (C=O) groups excluding carboxylic acids is 1. The van der Waals surface area contributed by atoms with Gasteiger partial charge < -0.3 is 10.6 Å². The Morgan fingerprint density at radius 3 is 2.82 bits per heavy atom. The molecule has 0 spiro atoms. The van der Waals surface area contributed by atoms with Gasteiger partial charge in [0.2, 0.25) is 10.0 Å². The SMILES string of the molecule is Cc1c(Cl)cccc1NC(=O)N[C@H]1CCCN(S(C)(=O)=O)C1. The third-order valence-corrected chi connectivity index (χ3v) is 5.38. The van der Waals surface area contributed by atoms with Crippen LogP contribution in [0.2, 0.25) is 5.02 Å². The number of amides is 2. The molecule has 0 unspecified atom stereocenters. The van der Waals surface area contributed by atoms with Gasteiger partial charge in [-0.15, -0.1) is 0 Å². The number of carbonyl (C=O) groups is 1. The smallest absolute Gasteiger partial charge is 0.319 e. The summed E-state index contributed by atoms with van der Waals surface area (Å²) >= 11 is 6.01. The highest BCUT2D eigenvalue weighted by Gasteiger charge is 2.26. The molecule has 1 aliphatic heterocycles. The Morgan fingerprint density at radius 2 is 2.14 bits per heavy atom. The van der Waals surface area contributed by atoms with Gasteiger partial charge in [-0.1, -0.05) is 17.7 Å². The van der Waals surface area contributed by atoms with Crippen LogP contribution in [0.1, 0.15) is 18.4 Å². The van der Waals surface area contributed by atoms with Crippen LogP contribution in [0.5, 0.6) is 0 Å². The molecule has 0 bridgehead atoms. The zero-order valence-electron chi connectivity index (χ0n) is 12.6. The molecule has 2 amide bonds. The number of anilines is 1. The molecule has 122 valence electrons. The lowest BCUT2D eigenvalue weighted by Gasteiger charge is -2.31. The highest BCUT2D eigenvalue weighted by molar-refractivity contribution is 7.88. The summed E-state index contributed by atoms with van der Waals surface area (Å²) in [6, 6.07) is 4.74. The van der Waals surface area contributed by atoms with Crippen molar-refractivity contribution in [3.8, 4) is 0 Å². The van der Waals surface area contributed by atoms with Gasteiger partial charge >= 0.3 is 6.03 Å². The standard InChI is InChI=1S/C14H20ClN3O3S/c1-10-12(15)6-3-7-13(10)17-14(19)16-11-5-4-8-18(9-11)22(2,20)21/h3,6-7,11H,4-5,8-9H2,1-2H3,(H2,16,17,19)/t11-/m0/s1. The number of piperidine rings is 1. The van der Waals surface area contributed by atoms with Gasteiger partial charge in [0.15, 0.2) is 0 Å². The highest BCUT2D eigenvalue weighted by Crippen LogP contribution is 2.23. The van der Waals surface area contributed by atoms with Crippen LogP contribution < -0.4 is 10.6 Å². The second-order valence-corrected chi connectivity index (χ2v) is 7.86. The first kappa shape index (κ1) is 17.1. The maximum atomic E-state index is 12.1. The summed E-state index contributed by atoms with van der Waals surface area (Å²) in [6.45, 7) is 2.64. The fourth-order valence-corrected chi connectivity index (χ4v) is 3.53. The number of nitrogens with one attached hydrogen (secondary N) is 2. The van der Waals surface area contributed by atoms with E-state index in [4.69, 9.17) is 11.6 Å². The highest BCUT2D eigenvalue weighted by atomic mass is 35.5. The molecule has 1 aromatic rings. The van der Waals surface area contributed by atoms with Crippen LogP contribution in [-0.4, -0.2) is 44.1 Å². The molecule has 2 rings (SSSR count). The zero-order valence-corrected chi connectivity index (χ0v) is 14.2. The average Bonchev–Trinajstić information content (AvgIpc) is 2.43. The normalized spacial score (nSPS) is 19.7. The largest absolute Gasteiger partial charge is 0.334 e. The van der Waals surface area contributed by atoms with Crippen molar-refractivity contribution in [1.29, 1.82) is 0 Å². The summed E-state index contributed by atoms with van der Waals surface area (Å²) in [4.78, 5) is 12.1. The summed E-state index contributed by atoms with van der Waals surface area (Å²) in [5, 5.41) is 6.15. The van der Waals surface area contributed by atoms with Gasteiger partial charge in [-0.25, -0.2) is 17.5 Å². The summed E-state index contributed by atoms with van der Waals surface area (Å²) < 4.78 is 24.5. The number of hydrogen-bond acceptors (Lipinski definition) is 3. The summed E-state index contributed by atoms with van der Waals surface area (Å²) in [5.41, 5.74) is 1.43. The summed E-state index contributed by atoms with van der Waals surface area (Å²) in [5.74, 6) is 0. The maximum Gasteiger partial charge on any atom is 0.319 e. The van der Waals surface area contributed by atoms with Crippen molar-refractivity contribution in [3.05, 3.63) is 28.8 Å². The summed E-state index contributed by atoms with van der Waals surface area (Å²) in [7, 11) is -3.22. The molecule has 2 N–H and O–H groups in total. The van der Waals surface area contributed by atoms with E-state index < -0.39 is 10.0 Å². The fraction of sp³-hybridized carbons (Fsp3) is 0.500. The zero-order chi connectivity index (χ0) is 16.3. The van der Waals surface area contributed by atoms with E-state index >= 15 is 0 Å². The Balaban J connectivity index is 1.96. The van der Waals surface area contributed by atoms with Gasteiger partial charge in [0, 0.05) is 29.8 Å². The van der Waals surface area contributed by atoms with E-state index in [1.54, 1.807) is 18.2 Å². The number of benzene rings is 1. The van der Waals surface area contributed by atoms with Crippen molar-refractivity contribution in [2.75, 3.05) is 24.7 Å². The Morgan fingerprint density at radius 1 is 1.41 bits per heavy atom. The van der Waals surface area contributed by atoms with Crippen LogP contribution in [0.25, 0.3) is 0 Å². The lowest BCUT2D eigenvalue weighted by molar-refractivity contribution is 0.236. The minimum Gasteiger partial charge on any atom is -0.334 e. The predicted molar refractivity (Wildman–Crippen MR) is 87.8 cm³/mol. The molecule has 1 fully saturated rings. The topological polar surface area (TPSA) is 78.5 Å². The van der Waals surface area contributed by atoms with Crippen LogP contribution in [-0.2, 0) is 10.0 Å². The van der Waals surface area contributed by atoms with Crippen molar-refractivity contribution in [2.45, 2.75) is 25.8 Å². The maximum absolute atomic E-state index is 12.1. The first-order chi connectivity index (χ1) is 10.3. The number of sulfonamides is 1. The van der Waals surface area contributed by atoms with Crippen LogP contribution in [0.3, 0.4) is 0 Å². The van der Waals surface area contributed by atoms with Crippen LogP contribution in [0, 0.1) is 6.92 Å². The van der Waals surface area contributed by atoms with E-state index in [9.17, 15) is 13.2 Å². The van der Waals surface area contributed by atoms with E-state index in [-0.39, 0.29) is 12.1 Å². The van der Waals surface area contributed by atoms with E-state index in [2.05, 4.69) is 10.6 Å². The number of hydrogen-bond donors (Lipinski definition) is 2. The Labute approximate surface area is 135 Å². The van der Waals surface area contributed by atoms with Gasteiger partial charge in [0.1, 0.15) is 0 Å². The third kappa shape index (κ3) is 4.34. The molecule has 1 aliphatic rings. The van der Waals surface area contributed by atoms with Gasteiger partial charge in [-0.2, -0.15) is 0 Å². The molecule has 1 atom stereocenters. The lowest BCUT2D eigenvalue weighted by Crippen LogP contribution is -2.50. The van der Waals surface area contributed by atoms with Crippen molar-refractivity contribution >= 4 is 33.3 Å². The Hall–Kier alpha value is -1.31. The number of urea groups is 1. The first-order valence-corrected chi connectivity index (χ1v) is 9.28. The second kappa shape index (κ2) is 6.85. The minimum absolute atomic E-state index is 0.192. The van der Waals surface area contributed by atoms with Crippen molar-refractivity contribution in [3.63, 3.8) is 0 Å². The van der Waals surface area contributed by atoms with Gasteiger partial charge in [0.25, 0.3) is 0 Å². The third-order valence-electron chi connectivity index (χ3n) is 3.70. The average molecular weight is 346 g/mol. The Bertz CT molecular complexity index is 663. The lowest BCUT2D eigenvalue weighted by atomic mass is 10.1. The molecule has 1 aromatic carbocycles. The molecule has 1 saturated heterocycles. The van der Waals surface area contributed by atoms with E-state index in [0.717, 1.165) is 18.4 Å². The molecule has 0 saturated carbocycles. The van der Waals surface area contributed by atoms with Crippen molar-refractivity contribution in [1.82, 2.24) is 9.62 Å². The quantitative estimate of drug-likeness (QED) is 0.881. The fourth-order valence-electron chi connectivity index (χ4n) is 2.45. The van der Waals surface area contributed by atoms with Crippen LogP contribution in [0.4, 0.5) is 10.5 Å². The Kier molecular flexibility index (Phi) is 5.31. The number of nitrogens with zero attached hydrogens (tertiary/aromatic N) is 1. The van der Waals surface area contributed by atoms with Gasteiger partial charge in [-0.05, 0) is 37.5 Å². The molecule has 0 radical (unpaired) electrons. The van der Waals surface area contributed by atoms with Crippen molar-refractivity contribution < 1.29 is 13.2 Å². The van der Waals surface area contributed by atoms with Crippen LogP contribution >= 0.6 is 11.6 Å². The van der Waals surface area contributed by atoms with E-state index in [1.165, 1.54) is 10.6 Å². The number of halogens is 1. The summed E-state index contributed by atoms with van der Waals surface area (Å²) in [6.07, 6.45) is 2.67. The molecule has 1 heterocycles.